The summed E-state index contributed by atoms with van der Waals surface area (Å²) in [5, 5.41) is 12.9. The Morgan fingerprint density at radius 1 is 1.23 bits per heavy atom. The summed E-state index contributed by atoms with van der Waals surface area (Å²) in [5.41, 5.74) is 2.99. The third kappa shape index (κ3) is 5.04. The molecule has 0 radical (unpaired) electrons. The number of halogens is 1. The largest absolute Gasteiger partial charge is 0.476 e. The van der Waals surface area contributed by atoms with E-state index in [-0.39, 0.29) is 28.4 Å². The van der Waals surface area contributed by atoms with Gasteiger partial charge >= 0.3 is 5.97 Å². The Morgan fingerprint density at radius 2 is 1.95 bits per heavy atom. The number of carbonyl (C=O) groups is 1. The lowest BCUT2D eigenvalue weighted by atomic mass is 10.1. The number of nitrogens with one attached hydrogen (secondary N) is 1. The molecule has 10 nitrogen and oxygen atoms in total. The maximum Gasteiger partial charge on any atom is 0.356 e. The molecule has 1 aliphatic heterocycles. The first-order valence-corrected chi connectivity index (χ1v) is 13.8. The number of aromatic nitrogens is 3. The molecule has 5 rings (SSSR count). The number of hydrogen-bond acceptors (Lipinski definition) is 10. The second-order valence-electron chi connectivity index (χ2n) is 9.84. The first-order chi connectivity index (χ1) is 18.5. The SMILES string of the molecule is Cc1cnc(N2CCN(c3oc4c(C(C)Nc5ccc(Cl)nc5C(=O)O)c(C)sc4c(=O)c3C)C[C@@H]2C)nc1. The topological polar surface area (TPSA) is 125 Å². The minimum Gasteiger partial charge on any atom is -0.476 e. The highest BCUT2D eigenvalue weighted by Gasteiger charge is 2.30. The van der Waals surface area contributed by atoms with Gasteiger partial charge in [-0.2, -0.15) is 0 Å². The number of nitrogens with zero attached hydrogens (tertiary/aromatic N) is 5. The second-order valence-corrected chi connectivity index (χ2v) is 11.5. The van der Waals surface area contributed by atoms with E-state index in [4.69, 9.17) is 16.0 Å². The fraction of sp³-hybridized carbons (Fsp3) is 0.370. The number of aromatic carboxylic acids is 1. The molecule has 0 saturated carbocycles. The van der Waals surface area contributed by atoms with Gasteiger partial charge in [-0.1, -0.05) is 11.6 Å². The Kier molecular flexibility index (Phi) is 7.21. The second kappa shape index (κ2) is 10.5. The van der Waals surface area contributed by atoms with E-state index >= 15 is 0 Å². The Hall–Kier alpha value is -3.70. The number of hydrogen-bond donors (Lipinski definition) is 2. The maximum absolute atomic E-state index is 13.5. The minimum atomic E-state index is -1.19. The van der Waals surface area contributed by atoms with Crippen molar-refractivity contribution in [1.82, 2.24) is 15.0 Å². The van der Waals surface area contributed by atoms with Gasteiger partial charge in [-0.25, -0.2) is 19.7 Å². The van der Waals surface area contributed by atoms with Crippen molar-refractivity contribution in [2.45, 2.75) is 46.7 Å². The quantitative estimate of drug-likeness (QED) is 0.300. The van der Waals surface area contributed by atoms with Crippen molar-refractivity contribution >= 4 is 56.7 Å². The van der Waals surface area contributed by atoms with Gasteiger partial charge in [0.1, 0.15) is 9.85 Å². The molecule has 5 heterocycles. The lowest BCUT2D eigenvalue weighted by Crippen LogP contribution is -2.53. The van der Waals surface area contributed by atoms with Crippen molar-refractivity contribution in [2.24, 2.45) is 0 Å². The van der Waals surface area contributed by atoms with Crippen LogP contribution in [-0.4, -0.2) is 51.7 Å². The van der Waals surface area contributed by atoms with Crippen LogP contribution in [0.15, 0.2) is 33.7 Å². The van der Waals surface area contributed by atoms with E-state index in [1.54, 1.807) is 13.0 Å². The predicted molar refractivity (Wildman–Crippen MR) is 154 cm³/mol. The molecule has 12 heteroatoms. The van der Waals surface area contributed by atoms with E-state index in [1.807, 2.05) is 33.2 Å². The van der Waals surface area contributed by atoms with Crippen molar-refractivity contribution in [2.75, 3.05) is 34.8 Å². The summed E-state index contributed by atoms with van der Waals surface area (Å²) in [6, 6.07) is 2.85. The van der Waals surface area contributed by atoms with Crippen LogP contribution in [0, 0.1) is 20.8 Å². The minimum absolute atomic E-state index is 0.0610. The number of pyridine rings is 1. The number of carboxylic acid groups (broad SMARTS) is 1. The van der Waals surface area contributed by atoms with Gasteiger partial charge in [-0.05, 0) is 52.3 Å². The van der Waals surface area contributed by atoms with Gasteiger partial charge in [-0.15, -0.1) is 11.3 Å². The maximum atomic E-state index is 13.5. The van der Waals surface area contributed by atoms with Gasteiger partial charge in [0.15, 0.2) is 11.3 Å². The van der Waals surface area contributed by atoms with Crippen molar-refractivity contribution in [3.63, 3.8) is 0 Å². The molecule has 1 unspecified atom stereocenters. The molecule has 39 heavy (non-hydrogen) atoms. The Bertz CT molecular complexity index is 1620. The van der Waals surface area contributed by atoms with Crippen LogP contribution in [-0.2, 0) is 0 Å². The normalized spacial score (nSPS) is 16.5. The lowest BCUT2D eigenvalue weighted by Gasteiger charge is -2.40. The summed E-state index contributed by atoms with van der Waals surface area (Å²) in [4.78, 5) is 43.3. The summed E-state index contributed by atoms with van der Waals surface area (Å²) in [6.07, 6.45) is 3.63. The molecule has 2 atom stereocenters. The highest BCUT2D eigenvalue weighted by molar-refractivity contribution is 7.19. The molecule has 0 amide bonds. The molecule has 2 N–H and O–H groups in total. The van der Waals surface area contributed by atoms with Gasteiger partial charge in [0, 0.05) is 48.5 Å². The Balaban J connectivity index is 1.48. The Labute approximate surface area is 234 Å². The molecule has 1 aliphatic rings. The molecule has 0 aromatic carbocycles. The third-order valence-corrected chi connectivity index (χ3v) is 8.27. The third-order valence-electron chi connectivity index (χ3n) is 6.96. The summed E-state index contributed by atoms with van der Waals surface area (Å²) in [5.74, 6) is 0.0525. The average Bonchev–Trinajstić information content (AvgIpc) is 3.23. The van der Waals surface area contributed by atoms with E-state index in [2.05, 4.69) is 37.0 Å². The summed E-state index contributed by atoms with van der Waals surface area (Å²) in [7, 11) is 0. The van der Waals surface area contributed by atoms with E-state index in [0.29, 0.717) is 53.0 Å². The fourth-order valence-corrected chi connectivity index (χ4v) is 6.35. The average molecular weight is 569 g/mol. The van der Waals surface area contributed by atoms with Gasteiger partial charge in [-0.3, -0.25) is 4.79 Å². The molecule has 4 aromatic rings. The van der Waals surface area contributed by atoms with Gasteiger partial charge in [0.2, 0.25) is 17.3 Å². The van der Waals surface area contributed by atoms with Crippen LogP contribution < -0.4 is 20.5 Å². The number of piperazine rings is 1. The predicted octanol–water partition coefficient (Wildman–Crippen LogP) is 5.20. The molecule has 0 spiro atoms. The molecule has 4 aromatic heterocycles. The summed E-state index contributed by atoms with van der Waals surface area (Å²) >= 11 is 7.30. The first-order valence-electron chi connectivity index (χ1n) is 12.6. The molecule has 0 bridgehead atoms. The monoisotopic (exact) mass is 568 g/mol. The highest BCUT2D eigenvalue weighted by atomic mass is 35.5. The molecule has 1 saturated heterocycles. The summed E-state index contributed by atoms with van der Waals surface area (Å²) in [6.45, 7) is 11.7. The first kappa shape index (κ1) is 26.9. The van der Waals surface area contributed by atoms with Crippen molar-refractivity contribution in [1.29, 1.82) is 0 Å². The molecular weight excluding hydrogens is 540 g/mol. The lowest BCUT2D eigenvalue weighted by molar-refractivity contribution is 0.0691. The van der Waals surface area contributed by atoms with Crippen LogP contribution in [0.3, 0.4) is 0 Å². The number of rotatable bonds is 6. The van der Waals surface area contributed by atoms with Gasteiger partial charge in [0.25, 0.3) is 0 Å². The van der Waals surface area contributed by atoms with Crippen LogP contribution >= 0.6 is 22.9 Å². The zero-order valence-electron chi connectivity index (χ0n) is 22.3. The standard InChI is InChI=1S/C27H29ClN6O4S/c1-13-10-29-27(30-11-13)34-9-8-33(12-14(34)2)25-15(3)22(35)24-23(38-25)20(17(5)39-24)16(4)31-18-6-7-19(28)32-21(18)26(36)37/h6-7,10-11,14,16,31H,8-9,12H2,1-5H3,(H,36,37)/t14-,16?/m0/s1. The number of anilines is 3. The summed E-state index contributed by atoms with van der Waals surface area (Å²) < 4.78 is 7.07. The van der Waals surface area contributed by atoms with E-state index < -0.39 is 5.97 Å². The number of thiophene rings is 1. The van der Waals surface area contributed by atoms with Crippen LogP contribution in [0.4, 0.5) is 17.5 Å². The van der Waals surface area contributed by atoms with Crippen molar-refractivity contribution in [3.8, 4) is 0 Å². The number of carboxylic acids is 1. The van der Waals surface area contributed by atoms with Crippen LogP contribution in [0.2, 0.25) is 5.15 Å². The number of aryl methyl sites for hydroxylation is 2. The van der Waals surface area contributed by atoms with Crippen molar-refractivity contribution < 1.29 is 14.3 Å². The zero-order chi connectivity index (χ0) is 28.0. The smallest absolute Gasteiger partial charge is 0.356 e. The Morgan fingerprint density at radius 3 is 2.62 bits per heavy atom. The van der Waals surface area contributed by atoms with Crippen LogP contribution in [0.5, 0.6) is 0 Å². The van der Waals surface area contributed by atoms with Gasteiger partial charge < -0.3 is 24.6 Å². The fourth-order valence-electron chi connectivity index (χ4n) is 5.02. The van der Waals surface area contributed by atoms with E-state index in [9.17, 15) is 14.7 Å². The number of fused-ring (bicyclic) bond motifs is 1. The van der Waals surface area contributed by atoms with Crippen molar-refractivity contribution in [3.05, 3.63) is 67.2 Å². The molecule has 204 valence electrons. The van der Waals surface area contributed by atoms with Crippen LogP contribution in [0.1, 0.15) is 51.9 Å². The highest BCUT2D eigenvalue weighted by Crippen LogP contribution is 2.38. The van der Waals surface area contributed by atoms with Gasteiger partial charge in [0.05, 0.1) is 17.3 Å². The molecule has 0 aliphatic carbocycles. The van der Waals surface area contributed by atoms with Crippen LogP contribution in [0.25, 0.3) is 10.3 Å². The van der Waals surface area contributed by atoms with E-state index in [0.717, 1.165) is 16.0 Å². The molecule has 1 fully saturated rings. The zero-order valence-corrected chi connectivity index (χ0v) is 23.9. The molecular formula is C27H29ClN6O4S. The van der Waals surface area contributed by atoms with E-state index in [1.165, 1.54) is 17.4 Å².